The number of carbonyl (C=O) groups is 3. The minimum absolute atomic E-state index is 0.00466. The molecule has 0 saturated heterocycles. The number of esters is 1. The molecule has 3 rings (SSSR count). The lowest BCUT2D eigenvalue weighted by molar-refractivity contribution is 0.0585. The van der Waals surface area contributed by atoms with Gasteiger partial charge in [0.1, 0.15) is 5.69 Å². The minimum atomic E-state index is -0.471. The van der Waals surface area contributed by atoms with E-state index in [2.05, 4.69) is 0 Å². The predicted octanol–water partition coefficient (Wildman–Crippen LogP) is 4.09. The Kier molecular flexibility index (Phi) is 6.75. The number of ketones is 1. The van der Waals surface area contributed by atoms with Crippen molar-refractivity contribution in [3.05, 3.63) is 58.4 Å². The van der Waals surface area contributed by atoms with E-state index in [1.807, 2.05) is 25.1 Å². The molecule has 0 aliphatic heterocycles. The summed E-state index contributed by atoms with van der Waals surface area (Å²) in [6.07, 6.45) is 5.11. The van der Waals surface area contributed by atoms with Gasteiger partial charge in [0.2, 0.25) is 0 Å². The zero-order valence-corrected chi connectivity index (χ0v) is 18.2. The minimum Gasteiger partial charge on any atom is -0.464 e. The zero-order valence-electron chi connectivity index (χ0n) is 18.2. The number of hydrogen-bond acceptors (Lipinski definition) is 4. The molecule has 1 fully saturated rings. The molecule has 30 heavy (non-hydrogen) atoms. The molecule has 0 N–H and O–H groups in total. The molecule has 1 aromatic heterocycles. The summed E-state index contributed by atoms with van der Waals surface area (Å²) in [6, 6.07) is 9.18. The van der Waals surface area contributed by atoms with Crippen LogP contribution in [0.2, 0.25) is 0 Å². The maximum atomic E-state index is 13.4. The Morgan fingerprint density at radius 3 is 2.30 bits per heavy atom. The molecule has 1 aliphatic carbocycles. The van der Waals surface area contributed by atoms with Crippen LogP contribution in [0.15, 0.2) is 30.3 Å². The van der Waals surface area contributed by atoms with Crippen LogP contribution in [0.5, 0.6) is 0 Å². The summed E-state index contributed by atoms with van der Waals surface area (Å²) >= 11 is 0. The van der Waals surface area contributed by atoms with E-state index in [4.69, 9.17) is 4.74 Å². The Morgan fingerprint density at radius 1 is 1.07 bits per heavy atom. The molecule has 2 aromatic rings. The second-order valence-electron chi connectivity index (χ2n) is 8.00. The van der Waals surface area contributed by atoms with Gasteiger partial charge in [-0.05, 0) is 44.4 Å². The lowest BCUT2D eigenvalue weighted by atomic mass is 9.93. The van der Waals surface area contributed by atoms with Gasteiger partial charge < -0.3 is 14.2 Å². The molecule has 1 saturated carbocycles. The molecule has 0 bridgehead atoms. The fourth-order valence-electron chi connectivity index (χ4n) is 4.51. The van der Waals surface area contributed by atoms with Crippen LogP contribution in [-0.2, 0) is 11.8 Å². The van der Waals surface area contributed by atoms with Crippen LogP contribution in [-0.4, -0.2) is 46.8 Å². The molecule has 0 radical (unpaired) electrons. The summed E-state index contributed by atoms with van der Waals surface area (Å²) in [5, 5.41) is 0. The third kappa shape index (κ3) is 4.18. The van der Waals surface area contributed by atoms with Crippen molar-refractivity contribution in [2.24, 2.45) is 7.05 Å². The number of carbonyl (C=O) groups excluding carboxylic acids is 3. The van der Waals surface area contributed by atoms with Crippen LogP contribution in [0, 0.1) is 13.8 Å². The fourth-order valence-corrected chi connectivity index (χ4v) is 4.51. The van der Waals surface area contributed by atoms with E-state index in [9.17, 15) is 14.4 Å². The maximum absolute atomic E-state index is 13.4. The third-order valence-corrected chi connectivity index (χ3v) is 6.20. The van der Waals surface area contributed by atoms with Crippen LogP contribution in [0.4, 0.5) is 0 Å². The van der Waals surface area contributed by atoms with Gasteiger partial charge in [-0.15, -0.1) is 0 Å². The van der Waals surface area contributed by atoms with Crippen molar-refractivity contribution in [2.75, 3.05) is 13.7 Å². The SMILES string of the molecule is COC(=O)c1c(C)c(C(=O)CN(C(=O)c2ccccc2)C2CCCCC2)c(C)n1C. The van der Waals surface area contributed by atoms with Crippen molar-refractivity contribution >= 4 is 17.7 Å². The van der Waals surface area contributed by atoms with Crippen LogP contribution in [0.25, 0.3) is 0 Å². The molecular weight excluding hydrogens is 380 g/mol. The Balaban J connectivity index is 1.94. The van der Waals surface area contributed by atoms with E-state index in [-0.39, 0.29) is 24.3 Å². The Labute approximate surface area is 177 Å². The average molecular weight is 411 g/mol. The number of methoxy groups -OCH3 is 1. The first kappa shape index (κ1) is 21.8. The number of ether oxygens (including phenoxy) is 1. The second-order valence-corrected chi connectivity index (χ2v) is 8.00. The quantitative estimate of drug-likeness (QED) is 0.531. The first-order valence-electron chi connectivity index (χ1n) is 10.5. The van der Waals surface area contributed by atoms with Gasteiger partial charge in [0, 0.05) is 29.9 Å². The van der Waals surface area contributed by atoms with Crippen molar-refractivity contribution < 1.29 is 19.1 Å². The number of nitrogens with zero attached hydrogens (tertiary/aromatic N) is 2. The molecule has 0 atom stereocenters. The Hall–Kier alpha value is -2.89. The number of aromatic nitrogens is 1. The van der Waals surface area contributed by atoms with E-state index in [1.54, 1.807) is 35.6 Å². The maximum Gasteiger partial charge on any atom is 0.354 e. The van der Waals surface area contributed by atoms with Crippen LogP contribution in [0.3, 0.4) is 0 Å². The lowest BCUT2D eigenvalue weighted by Crippen LogP contribution is -2.44. The van der Waals surface area contributed by atoms with Gasteiger partial charge in [-0.3, -0.25) is 9.59 Å². The summed E-state index contributed by atoms with van der Waals surface area (Å²) < 4.78 is 6.58. The van der Waals surface area contributed by atoms with Gasteiger partial charge >= 0.3 is 5.97 Å². The first-order chi connectivity index (χ1) is 14.4. The van der Waals surface area contributed by atoms with E-state index >= 15 is 0 Å². The van der Waals surface area contributed by atoms with E-state index < -0.39 is 5.97 Å². The number of Topliss-reactive ketones (excluding diaryl/α,β-unsaturated/α-hetero) is 1. The number of rotatable bonds is 6. The zero-order chi connectivity index (χ0) is 21.8. The molecule has 6 nitrogen and oxygen atoms in total. The van der Waals surface area contributed by atoms with Crippen molar-refractivity contribution in [3.8, 4) is 0 Å². The molecule has 1 aromatic carbocycles. The number of benzene rings is 1. The Bertz CT molecular complexity index is 940. The topological polar surface area (TPSA) is 68.6 Å². The van der Waals surface area contributed by atoms with Crippen LogP contribution >= 0.6 is 0 Å². The summed E-state index contributed by atoms with van der Waals surface area (Å²) in [7, 11) is 3.08. The molecule has 6 heteroatoms. The highest BCUT2D eigenvalue weighted by molar-refractivity contribution is 6.06. The molecule has 0 spiro atoms. The van der Waals surface area contributed by atoms with Gasteiger partial charge in [-0.2, -0.15) is 0 Å². The lowest BCUT2D eigenvalue weighted by Gasteiger charge is -2.34. The van der Waals surface area contributed by atoms with Crippen LogP contribution < -0.4 is 0 Å². The van der Waals surface area contributed by atoms with Gasteiger partial charge in [-0.25, -0.2) is 4.79 Å². The fraction of sp³-hybridized carbons (Fsp3) is 0.458. The molecule has 1 heterocycles. The van der Waals surface area contributed by atoms with Gasteiger partial charge in [0.15, 0.2) is 5.78 Å². The molecule has 0 unspecified atom stereocenters. The highest BCUT2D eigenvalue weighted by Crippen LogP contribution is 2.27. The van der Waals surface area contributed by atoms with Crippen molar-refractivity contribution in [1.82, 2.24) is 9.47 Å². The van der Waals surface area contributed by atoms with Gasteiger partial charge in [-0.1, -0.05) is 37.5 Å². The van der Waals surface area contributed by atoms with Crippen molar-refractivity contribution in [2.45, 2.75) is 52.0 Å². The molecule has 160 valence electrons. The average Bonchev–Trinajstić information content (AvgIpc) is 3.00. The molecular formula is C24H30N2O4. The standard InChI is InChI=1S/C24H30N2O4/c1-16-21(17(2)25(3)22(16)24(29)30-4)20(27)15-26(19-13-9-6-10-14-19)23(28)18-11-7-5-8-12-18/h5,7-8,11-12,19H,6,9-10,13-15H2,1-4H3. The van der Waals surface area contributed by atoms with Crippen molar-refractivity contribution in [1.29, 1.82) is 0 Å². The monoisotopic (exact) mass is 410 g/mol. The Morgan fingerprint density at radius 2 is 1.70 bits per heavy atom. The third-order valence-electron chi connectivity index (χ3n) is 6.20. The van der Waals surface area contributed by atoms with Gasteiger partial charge in [0.25, 0.3) is 5.91 Å². The summed E-state index contributed by atoms with van der Waals surface area (Å²) in [6.45, 7) is 3.58. The van der Waals surface area contributed by atoms with E-state index in [1.165, 1.54) is 7.11 Å². The van der Waals surface area contributed by atoms with E-state index in [0.717, 1.165) is 32.1 Å². The van der Waals surface area contributed by atoms with Crippen molar-refractivity contribution in [3.63, 3.8) is 0 Å². The molecule has 1 amide bonds. The summed E-state index contributed by atoms with van der Waals surface area (Å²) in [5.41, 5.74) is 2.76. The smallest absolute Gasteiger partial charge is 0.354 e. The number of hydrogen-bond donors (Lipinski definition) is 0. The van der Waals surface area contributed by atoms with Crippen LogP contribution in [0.1, 0.15) is 74.6 Å². The normalized spacial score (nSPS) is 14.4. The second kappa shape index (κ2) is 9.28. The summed E-state index contributed by atoms with van der Waals surface area (Å²) in [5.74, 6) is -0.734. The first-order valence-corrected chi connectivity index (χ1v) is 10.5. The van der Waals surface area contributed by atoms with E-state index in [0.29, 0.717) is 28.1 Å². The largest absolute Gasteiger partial charge is 0.464 e. The highest BCUT2D eigenvalue weighted by Gasteiger charge is 2.31. The summed E-state index contributed by atoms with van der Waals surface area (Å²) in [4.78, 5) is 40.6. The highest BCUT2D eigenvalue weighted by atomic mass is 16.5. The predicted molar refractivity (Wildman–Crippen MR) is 115 cm³/mol. The van der Waals surface area contributed by atoms with Gasteiger partial charge in [0.05, 0.1) is 13.7 Å². The number of amides is 1. The molecule has 1 aliphatic rings.